The molecule has 2 heterocycles. The highest BCUT2D eigenvalue weighted by Gasteiger charge is 2.27. The molecule has 98 valence electrons. The second kappa shape index (κ2) is 5.85. The molecule has 0 aromatic rings. The van der Waals surface area contributed by atoms with E-state index in [1.54, 1.807) is 0 Å². The summed E-state index contributed by atoms with van der Waals surface area (Å²) in [6.07, 6.45) is 5.60. The van der Waals surface area contributed by atoms with Crippen LogP contribution in [0.2, 0.25) is 0 Å². The van der Waals surface area contributed by atoms with Gasteiger partial charge in [0.1, 0.15) is 0 Å². The van der Waals surface area contributed by atoms with Gasteiger partial charge >= 0.3 is 0 Å². The lowest BCUT2D eigenvalue weighted by atomic mass is 9.88. The fourth-order valence-corrected chi connectivity index (χ4v) is 2.93. The van der Waals surface area contributed by atoms with Crippen molar-refractivity contribution in [3.8, 4) is 0 Å². The minimum absolute atomic E-state index is 0.364. The number of nitrogens with zero attached hydrogens (tertiary/aromatic N) is 1. The molecule has 3 unspecified atom stereocenters. The maximum absolute atomic E-state index is 12.2. The van der Waals surface area contributed by atoms with Gasteiger partial charge in [-0.15, -0.1) is 0 Å². The molecule has 3 nitrogen and oxygen atoms in total. The summed E-state index contributed by atoms with van der Waals surface area (Å²) in [7, 11) is 0. The van der Waals surface area contributed by atoms with Gasteiger partial charge in [-0.05, 0) is 37.6 Å². The van der Waals surface area contributed by atoms with Crippen molar-refractivity contribution in [2.75, 3.05) is 19.6 Å². The Morgan fingerprint density at radius 2 is 2.06 bits per heavy atom. The van der Waals surface area contributed by atoms with Crippen molar-refractivity contribution < 1.29 is 4.79 Å². The molecule has 0 aromatic heterocycles. The maximum atomic E-state index is 12.2. The van der Waals surface area contributed by atoms with Crippen LogP contribution in [0.15, 0.2) is 0 Å². The molecule has 0 bridgehead atoms. The average molecular weight is 238 g/mol. The Bertz CT molecular complexity index is 261. The second-order valence-electron chi connectivity index (χ2n) is 5.93. The highest BCUT2D eigenvalue weighted by molar-refractivity contribution is 5.77. The van der Waals surface area contributed by atoms with E-state index in [1.165, 1.54) is 25.7 Å². The number of piperidine rings is 2. The van der Waals surface area contributed by atoms with Crippen LogP contribution in [0.1, 0.15) is 46.0 Å². The molecule has 2 fully saturated rings. The van der Waals surface area contributed by atoms with Gasteiger partial charge in [-0.1, -0.05) is 20.3 Å². The van der Waals surface area contributed by atoms with Crippen LogP contribution in [0, 0.1) is 11.8 Å². The van der Waals surface area contributed by atoms with Gasteiger partial charge in [0.05, 0.1) is 0 Å². The minimum atomic E-state index is 0.364. The van der Waals surface area contributed by atoms with E-state index in [4.69, 9.17) is 0 Å². The van der Waals surface area contributed by atoms with Gasteiger partial charge in [0.25, 0.3) is 0 Å². The lowest BCUT2D eigenvalue weighted by Gasteiger charge is -2.36. The molecule has 2 saturated heterocycles. The van der Waals surface area contributed by atoms with Crippen LogP contribution in [0.5, 0.6) is 0 Å². The van der Waals surface area contributed by atoms with Crippen molar-refractivity contribution >= 4 is 5.91 Å². The lowest BCUT2D eigenvalue weighted by molar-refractivity contribution is -0.134. The summed E-state index contributed by atoms with van der Waals surface area (Å²) in [4.78, 5) is 14.3. The predicted octanol–water partition coefficient (Wildman–Crippen LogP) is 2.02. The monoisotopic (exact) mass is 238 g/mol. The first-order valence-electron chi connectivity index (χ1n) is 7.18. The van der Waals surface area contributed by atoms with Crippen molar-refractivity contribution in [1.82, 2.24) is 10.2 Å². The van der Waals surface area contributed by atoms with E-state index in [2.05, 4.69) is 24.1 Å². The Labute approximate surface area is 105 Å². The summed E-state index contributed by atoms with van der Waals surface area (Å²) < 4.78 is 0. The molecule has 0 radical (unpaired) electrons. The highest BCUT2D eigenvalue weighted by atomic mass is 16.2. The van der Waals surface area contributed by atoms with E-state index in [1.807, 2.05) is 0 Å². The molecule has 3 heteroatoms. The number of rotatable bonds is 2. The van der Waals surface area contributed by atoms with Crippen molar-refractivity contribution in [2.24, 2.45) is 11.8 Å². The first-order chi connectivity index (χ1) is 8.16. The average Bonchev–Trinajstić information content (AvgIpc) is 2.34. The quantitative estimate of drug-likeness (QED) is 0.798. The number of likely N-dealkylation sites (tertiary alicyclic amines) is 1. The van der Waals surface area contributed by atoms with Crippen LogP contribution in [-0.2, 0) is 4.79 Å². The summed E-state index contributed by atoms with van der Waals surface area (Å²) in [5.41, 5.74) is 0. The number of carbonyl (C=O) groups is 1. The molecule has 1 N–H and O–H groups in total. The standard InChI is InChI=1S/C14H26N2O/c1-11-6-8-16(10-12(11)2)14(17)9-13-5-3-4-7-15-13/h11-13,15H,3-10H2,1-2H3. The van der Waals surface area contributed by atoms with Gasteiger partial charge < -0.3 is 10.2 Å². The van der Waals surface area contributed by atoms with Gasteiger partial charge in [-0.3, -0.25) is 4.79 Å². The number of carbonyl (C=O) groups excluding carboxylic acids is 1. The Morgan fingerprint density at radius 1 is 1.24 bits per heavy atom. The summed E-state index contributed by atoms with van der Waals surface area (Å²) in [6, 6.07) is 0.436. The number of nitrogens with one attached hydrogen (secondary N) is 1. The third kappa shape index (κ3) is 3.44. The molecule has 0 aliphatic carbocycles. The molecular weight excluding hydrogens is 212 g/mol. The van der Waals surface area contributed by atoms with Crippen LogP contribution < -0.4 is 5.32 Å². The van der Waals surface area contributed by atoms with Crippen LogP contribution in [0.3, 0.4) is 0 Å². The number of hydrogen-bond acceptors (Lipinski definition) is 2. The SMILES string of the molecule is CC1CCN(C(=O)CC2CCCCN2)CC1C. The van der Waals surface area contributed by atoms with Crippen molar-refractivity contribution in [2.45, 2.75) is 52.0 Å². The number of amides is 1. The Balaban J connectivity index is 1.79. The summed E-state index contributed by atoms with van der Waals surface area (Å²) in [6.45, 7) is 7.59. The maximum Gasteiger partial charge on any atom is 0.224 e. The zero-order valence-electron chi connectivity index (χ0n) is 11.2. The first kappa shape index (κ1) is 12.9. The first-order valence-corrected chi connectivity index (χ1v) is 7.18. The molecular formula is C14H26N2O. The predicted molar refractivity (Wildman–Crippen MR) is 69.8 cm³/mol. The van der Waals surface area contributed by atoms with Gasteiger partial charge in [0, 0.05) is 25.6 Å². The van der Waals surface area contributed by atoms with E-state index in [9.17, 15) is 4.79 Å². The zero-order chi connectivity index (χ0) is 12.3. The normalized spacial score (nSPS) is 34.7. The van der Waals surface area contributed by atoms with Crippen molar-refractivity contribution in [1.29, 1.82) is 0 Å². The van der Waals surface area contributed by atoms with E-state index in [0.717, 1.165) is 25.6 Å². The van der Waals surface area contributed by atoms with E-state index >= 15 is 0 Å². The Kier molecular flexibility index (Phi) is 4.43. The molecule has 2 rings (SSSR count). The highest BCUT2D eigenvalue weighted by Crippen LogP contribution is 2.23. The summed E-state index contributed by atoms with van der Waals surface area (Å²) in [5.74, 6) is 1.79. The minimum Gasteiger partial charge on any atom is -0.342 e. The topological polar surface area (TPSA) is 32.3 Å². The van der Waals surface area contributed by atoms with Gasteiger partial charge in [-0.2, -0.15) is 0 Å². The van der Waals surface area contributed by atoms with Crippen LogP contribution in [0.4, 0.5) is 0 Å². The fraction of sp³-hybridized carbons (Fsp3) is 0.929. The van der Waals surface area contributed by atoms with Crippen LogP contribution in [-0.4, -0.2) is 36.5 Å². The smallest absolute Gasteiger partial charge is 0.224 e. The van der Waals surface area contributed by atoms with E-state index in [-0.39, 0.29) is 0 Å². The molecule has 1 amide bonds. The van der Waals surface area contributed by atoms with E-state index in [0.29, 0.717) is 24.3 Å². The number of hydrogen-bond donors (Lipinski definition) is 1. The van der Waals surface area contributed by atoms with Crippen molar-refractivity contribution in [3.05, 3.63) is 0 Å². The molecule has 17 heavy (non-hydrogen) atoms. The van der Waals surface area contributed by atoms with Crippen molar-refractivity contribution in [3.63, 3.8) is 0 Å². The second-order valence-corrected chi connectivity index (χ2v) is 5.93. The van der Waals surface area contributed by atoms with Gasteiger partial charge in [0.15, 0.2) is 0 Å². The Hall–Kier alpha value is -0.570. The van der Waals surface area contributed by atoms with Gasteiger partial charge in [0.2, 0.25) is 5.91 Å². The summed E-state index contributed by atoms with van der Waals surface area (Å²) >= 11 is 0. The third-order valence-corrected chi connectivity index (χ3v) is 4.52. The Morgan fingerprint density at radius 3 is 2.71 bits per heavy atom. The molecule has 0 aromatic carbocycles. The van der Waals surface area contributed by atoms with Crippen LogP contribution in [0.25, 0.3) is 0 Å². The fourth-order valence-electron chi connectivity index (χ4n) is 2.93. The molecule has 2 aliphatic rings. The summed E-state index contributed by atoms with van der Waals surface area (Å²) in [5, 5.41) is 3.46. The molecule has 0 spiro atoms. The largest absolute Gasteiger partial charge is 0.342 e. The molecule has 3 atom stereocenters. The third-order valence-electron chi connectivity index (χ3n) is 4.52. The molecule has 0 saturated carbocycles. The van der Waals surface area contributed by atoms with E-state index < -0.39 is 0 Å². The van der Waals surface area contributed by atoms with Gasteiger partial charge in [-0.25, -0.2) is 0 Å². The molecule has 2 aliphatic heterocycles. The lowest BCUT2D eigenvalue weighted by Crippen LogP contribution is -2.45. The van der Waals surface area contributed by atoms with Crippen LogP contribution >= 0.6 is 0 Å². The zero-order valence-corrected chi connectivity index (χ0v) is 11.2.